The van der Waals surface area contributed by atoms with Gasteiger partial charge in [-0.2, -0.15) is 0 Å². The highest BCUT2D eigenvalue weighted by molar-refractivity contribution is 6.31. The number of pyridine rings is 1. The molecule has 1 atom stereocenters. The molecule has 1 fully saturated rings. The van der Waals surface area contributed by atoms with E-state index in [0.29, 0.717) is 23.6 Å². The summed E-state index contributed by atoms with van der Waals surface area (Å²) in [5.41, 5.74) is 0.738. The Morgan fingerprint density at radius 1 is 1.29 bits per heavy atom. The standard InChI is InChI=1S/C17H19ClFN3O2/c1-10-9-24-17-14-11(16(23)12(18)8-22(10)14)7-13(19)15(17)21-5-3-20(2)4-6-21/h7-8,10H,3-6,9H2,1-2H3. The van der Waals surface area contributed by atoms with Crippen LogP contribution in [0.4, 0.5) is 10.1 Å². The highest BCUT2D eigenvalue weighted by Crippen LogP contribution is 2.42. The van der Waals surface area contributed by atoms with E-state index < -0.39 is 5.82 Å². The lowest BCUT2D eigenvalue weighted by molar-refractivity contribution is 0.245. The van der Waals surface area contributed by atoms with E-state index in [-0.39, 0.29) is 21.9 Å². The zero-order chi connectivity index (χ0) is 17.0. The van der Waals surface area contributed by atoms with E-state index in [9.17, 15) is 9.18 Å². The smallest absolute Gasteiger partial charge is 0.208 e. The van der Waals surface area contributed by atoms with Crippen LogP contribution >= 0.6 is 11.6 Å². The fourth-order valence-electron chi connectivity index (χ4n) is 3.50. The van der Waals surface area contributed by atoms with Crippen LogP contribution in [0.2, 0.25) is 5.02 Å². The molecule has 2 aliphatic heterocycles. The minimum absolute atomic E-state index is 0.0314. The van der Waals surface area contributed by atoms with Crippen molar-refractivity contribution < 1.29 is 9.13 Å². The van der Waals surface area contributed by atoms with Gasteiger partial charge in [0.15, 0.2) is 11.6 Å². The van der Waals surface area contributed by atoms with Gasteiger partial charge in [-0.15, -0.1) is 0 Å². The number of anilines is 1. The second-order valence-electron chi connectivity index (χ2n) is 6.60. The first-order valence-electron chi connectivity index (χ1n) is 8.10. The number of nitrogens with zero attached hydrogens (tertiary/aromatic N) is 3. The monoisotopic (exact) mass is 351 g/mol. The minimum Gasteiger partial charge on any atom is -0.487 e. The Labute approximate surface area is 144 Å². The van der Waals surface area contributed by atoms with Gasteiger partial charge in [0, 0.05) is 32.4 Å². The average Bonchev–Trinajstić information content (AvgIpc) is 2.56. The van der Waals surface area contributed by atoms with Gasteiger partial charge in [-0.1, -0.05) is 11.6 Å². The van der Waals surface area contributed by atoms with E-state index >= 15 is 0 Å². The number of piperazine rings is 1. The molecule has 0 bridgehead atoms. The van der Waals surface area contributed by atoms with Crippen LogP contribution in [0.5, 0.6) is 5.75 Å². The van der Waals surface area contributed by atoms with Crippen LogP contribution in [-0.2, 0) is 0 Å². The topological polar surface area (TPSA) is 37.7 Å². The molecular formula is C17H19ClFN3O2. The van der Waals surface area contributed by atoms with Crippen molar-refractivity contribution in [3.63, 3.8) is 0 Å². The highest BCUT2D eigenvalue weighted by atomic mass is 35.5. The van der Waals surface area contributed by atoms with Crippen LogP contribution in [0.1, 0.15) is 13.0 Å². The molecule has 0 aliphatic carbocycles. The summed E-state index contributed by atoms with van der Waals surface area (Å²) >= 11 is 6.06. The maximum absolute atomic E-state index is 14.9. The van der Waals surface area contributed by atoms with E-state index in [0.717, 1.165) is 26.2 Å². The van der Waals surface area contributed by atoms with Crippen LogP contribution in [-0.4, -0.2) is 49.3 Å². The molecule has 1 saturated heterocycles. The Morgan fingerprint density at radius 2 is 2.00 bits per heavy atom. The number of aromatic nitrogens is 1. The molecule has 0 radical (unpaired) electrons. The van der Waals surface area contributed by atoms with Gasteiger partial charge in [0.2, 0.25) is 5.43 Å². The second-order valence-corrected chi connectivity index (χ2v) is 7.00. The molecule has 0 N–H and O–H groups in total. The van der Waals surface area contributed by atoms with Gasteiger partial charge >= 0.3 is 0 Å². The molecule has 7 heteroatoms. The number of likely N-dealkylation sites (N-methyl/N-ethyl adjacent to an activating group) is 1. The predicted octanol–water partition coefficient (Wildman–Crippen LogP) is 2.50. The molecule has 0 spiro atoms. The molecule has 24 heavy (non-hydrogen) atoms. The zero-order valence-corrected chi connectivity index (χ0v) is 14.4. The Morgan fingerprint density at radius 3 is 2.71 bits per heavy atom. The van der Waals surface area contributed by atoms with Crippen LogP contribution in [0.25, 0.3) is 10.9 Å². The van der Waals surface area contributed by atoms with E-state index in [1.165, 1.54) is 6.07 Å². The molecule has 1 unspecified atom stereocenters. The van der Waals surface area contributed by atoms with Gasteiger partial charge in [-0.25, -0.2) is 4.39 Å². The van der Waals surface area contributed by atoms with Gasteiger partial charge in [0.25, 0.3) is 0 Å². The third-order valence-corrected chi connectivity index (χ3v) is 5.19. The first-order chi connectivity index (χ1) is 11.5. The van der Waals surface area contributed by atoms with E-state index in [1.54, 1.807) is 6.20 Å². The first-order valence-corrected chi connectivity index (χ1v) is 8.48. The van der Waals surface area contributed by atoms with Crippen LogP contribution in [0.15, 0.2) is 17.1 Å². The summed E-state index contributed by atoms with van der Waals surface area (Å²) in [7, 11) is 2.05. The molecule has 128 valence electrons. The van der Waals surface area contributed by atoms with Crippen molar-refractivity contribution >= 4 is 28.2 Å². The number of benzene rings is 1. The number of hydrogen-bond acceptors (Lipinski definition) is 4. The number of halogens is 2. The lowest BCUT2D eigenvalue weighted by Crippen LogP contribution is -2.45. The first kappa shape index (κ1) is 15.7. The molecule has 1 aromatic heterocycles. The Bertz CT molecular complexity index is 874. The van der Waals surface area contributed by atoms with Crippen LogP contribution < -0.4 is 15.1 Å². The maximum atomic E-state index is 14.9. The third kappa shape index (κ3) is 2.28. The summed E-state index contributed by atoms with van der Waals surface area (Å²) in [6.07, 6.45) is 1.63. The van der Waals surface area contributed by atoms with Crippen LogP contribution in [0, 0.1) is 5.82 Å². The van der Waals surface area contributed by atoms with Gasteiger partial charge in [0.1, 0.15) is 17.3 Å². The van der Waals surface area contributed by atoms with Crippen molar-refractivity contribution in [1.82, 2.24) is 9.47 Å². The van der Waals surface area contributed by atoms with Gasteiger partial charge < -0.3 is 19.1 Å². The molecule has 2 aromatic rings. The van der Waals surface area contributed by atoms with Crippen molar-refractivity contribution in [2.75, 3.05) is 44.7 Å². The summed E-state index contributed by atoms with van der Waals surface area (Å²) in [5, 5.41) is 0.383. The molecule has 0 amide bonds. The number of ether oxygens (including phenoxy) is 1. The molecule has 1 aromatic carbocycles. The quantitative estimate of drug-likeness (QED) is 0.791. The van der Waals surface area contributed by atoms with Crippen molar-refractivity contribution in [3.8, 4) is 5.75 Å². The van der Waals surface area contributed by atoms with Gasteiger partial charge in [-0.05, 0) is 20.0 Å². The molecule has 2 aliphatic rings. The lowest BCUT2D eigenvalue weighted by atomic mass is 10.1. The van der Waals surface area contributed by atoms with Crippen molar-refractivity contribution in [2.45, 2.75) is 13.0 Å². The average molecular weight is 352 g/mol. The largest absolute Gasteiger partial charge is 0.487 e. The number of hydrogen-bond donors (Lipinski definition) is 0. The van der Waals surface area contributed by atoms with E-state index in [4.69, 9.17) is 16.3 Å². The van der Waals surface area contributed by atoms with Gasteiger partial charge in [-0.3, -0.25) is 4.79 Å². The summed E-state index contributed by atoms with van der Waals surface area (Å²) in [6, 6.07) is 1.34. The van der Waals surface area contributed by atoms with Gasteiger partial charge in [0.05, 0.1) is 16.9 Å². The highest BCUT2D eigenvalue weighted by Gasteiger charge is 2.29. The Balaban J connectivity index is 1.99. The molecular weight excluding hydrogens is 333 g/mol. The van der Waals surface area contributed by atoms with E-state index in [1.807, 2.05) is 16.4 Å². The Kier molecular flexibility index (Phi) is 3.69. The minimum atomic E-state index is -0.428. The fraction of sp³-hybridized carbons (Fsp3) is 0.471. The molecule has 5 nitrogen and oxygen atoms in total. The molecule has 0 saturated carbocycles. The van der Waals surface area contributed by atoms with Crippen molar-refractivity contribution in [1.29, 1.82) is 0 Å². The summed E-state index contributed by atoms with van der Waals surface area (Å²) in [6.45, 7) is 5.58. The normalized spacial score (nSPS) is 21.2. The van der Waals surface area contributed by atoms with E-state index in [2.05, 4.69) is 11.9 Å². The Hall–Kier alpha value is -1.79. The predicted molar refractivity (Wildman–Crippen MR) is 93.1 cm³/mol. The number of rotatable bonds is 1. The van der Waals surface area contributed by atoms with Crippen molar-refractivity contribution in [2.24, 2.45) is 0 Å². The SMILES string of the molecule is CC1COc2c(N3CCN(C)CC3)c(F)cc3c(=O)c(Cl)cn1c23. The van der Waals surface area contributed by atoms with Crippen LogP contribution in [0.3, 0.4) is 0 Å². The summed E-state index contributed by atoms with van der Waals surface area (Å²) < 4.78 is 22.7. The summed E-state index contributed by atoms with van der Waals surface area (Å²) in [5.74, 6) is 0.0314. The second kappa shape index (κ2) is 5.63. The molecule has 4 rings (SSSR count). The lowest BCUT2D eigenvalue weighted by Gasteiger charge is -2.37. The maximum Gasteiger partial charge on any atom is 0.208 e. The molecule has 3 heterocycles. The third-order valence-electron chi connectivity index (χ3n) is 4.92. The zero-order valence-electron chi connectivity index (χ0n) is 13.7. The fourth-order valence-corrected chi connectivity index (χ4v) is 3.71. The van der Waals surface area contributed by atoms with Crippen molar-refractivity contribution in [3.05, 3.63) is 33.3 Å². The summed E-state index contributed by atoms with van der Waals surface area (Å²) in [4.78, 5) is 16.6.